The third-order valence-electron chi connectivity index (χ3n) is 4.31. The number of rotatable bonds is 3. The van der Waals surface area contributed by atoms with Gasteiger partial charge in [-0.05, 0) is 30.7 Å². The highest BCUT2D eigenvalue weighted by Gasteiger charge is 2.25. The van der Waals surface area contributed by atoms with E-state index >= 15 is 0 Å². The molecule has 25 heavy (non-hydrogen) atoms. The molecule has 6 nitrogen and oxygen atoms in total. The van der Waals surface area contributed by atoms with E-state index in [-0.39, 0.29) is 17.4 Å². The van der Waals surface area contributed by atoms with Gasteiger partial charge in [0.1, 0.15) is 11.6 Å². The molecule has 0 atom stereocenters. The van der Waals surface area contributed by atoms with Crippen LogP contribution < -0.4 is 4.74 Å². The third kappa shape index (κ3) is 3.65. The molecule has 2 aromatic rings. The topological polar surface area (TPSA) is 65.6 Å². The number of halogens is 1. The van der Waals surface area contributed by atoms with Gasteiger partial charge in [-0.1, -0.05) is 0 Å². The minimum Gasteiger partial charge on any atom is -0.496 e. The molecule has 1 aromatic heterocycles. The zero-order valence-electron chi connectivity index (χ0n) is 14.0. The van der Waals surface area contributed by atoms with E-state index < -0.39 is 5.82 Å². The number of hydrogen-bond acceptors (Lipinski definition) is 3. The van der Waals surface area contributed by atoms with Crippen molar-refractivity contribution in [2.24, 2.45) is 0 Å². The van der Waals surface area contributed by atoms with Crippen LogP contribution in [0.25, 0.3) is 0 Å². The summed E-state index contributed by atoms with van der Waals surface area (Å²) in [6.45, 7) is 1.92. The van der Waals surface area contributed by atoms with Crippen LogP contribution in [0.3, 0.4) is 0 Å². The second-order valence-corrected chi connectivity index (χ2v) is 5.88. The summed E-state index contributed by atoms with van der Waals surface area (Å²) in [7, 11) is 1.45. The third-order valence-corrected chi connectivity index (χ3v) is 4.31. The van der Waals surface area contributed by atoms with E-state index in [1.54, 1.807) is 28.3 Å². The number of H-pyrrole nitrogens is 1. The molecule has 1 aliphatic heterocycles. The first-order chi connectivity index (χ1) is 12.1. The van der Waals surface area contributed by atoms with Crippen molar-refractivity contribution in [2.45, 2.75) is 6.42 Å². The molecule has 0 aliphatic carbocycles. The fraction of sp³-hybridized carbons (Fsp3) is 0.333. The zero-order chi connectivity index (χ0) is 17.8. The summed E-state index contributed by atoms with van der Waals surface area (Å²) in [6, 6.07) is 5.62. The molecule has 1 aliphatic rings. The van der Waals surface area contributed by atoms with Gasteiger partial charge < -0.3 is 19.5 Å². The van der Waals surface area contributed by atoms with Gasteiger partial charge in [0.2, 0.25) is 0 Å². The summed E-state index contributed by atoms with van der Waals surface area (Å²) in [5.41, 5.74) is 0.805. The largest absolute Gasteiger partial charge is 0.496 e. The molecule has 1 saturated heterocycles. The van der Waals surface area contributed by atoms with Crippen molar-refractivity contribution in [3.05, 3.63) is 53.6 Å². The predicted octanol–water partition coefficient (Wildman–Crippen LogP) is 2.15. The van der Waals surface area contributed by atoms with Crippen molar-refractivity contribution in [1.29, 1.82) is 0 Å². The minimum absolute atomic E-state index is 0.0566. The summed E-state index contributed by atoms with van der Waals surface area (Å²) >= 11 is 0. The van der Waals surface area contributed by atoms with Crippen molar-refractivity contribution in [2.75, 3.05) is 33.3 Å². The van der Waals surface area contributed by atoms with Crippen molar-refractivity contribution < 1.29 is 18.7 Å². The number of ether oxygens (including phenoxy) is 1. The van der Waals surface area contributed by atoms with Crippen LogP contribution in [-0.4, -0.2) is 59.9 Å². The van der Waals surface area contributed by atoms with Gasteiger partial charge in [0, 0.05) is 38.6 Å². The molecule has 1 aromatic carbocycles. The lowest BCUT2D eigenvalue weighted by Gasteiger charge is -2.22. The van der Waals surface area contributed by atoms with Crippen LogP contribution in [0.15, 0.2) is 36.7 Å². The van der Waals surface area contributed by atoms with Crippen LogP contribution in [0.1, 0.15) is 27.1 Å². The molecular formula is C18H20FN3O3. The normalized spacial score (nSPS) is 15.0. The lowest BCUT2D eigenvalue weighted by molar-refractivity contribution is 0.0716. The maximum atomic E-state index is 13.5. The average molecular weight is 345 g/mol. The lowest BCUT2D eigenvalue weighted by Crippen LogP contribution is -2.37. The quantitative estimate of drug-likeness (QED) is 0.927. The molecule has 0 unspecified atom stereocenters. The molecule has 2 heterocycles. The second kappa shape index (κ2) is 7.38. The van der Waals surface area contributed by atoms with E-state index in [1.165, 1.54) is 25.3 Å². The molecule has 0 bridgehead atoms. The number of carbonyl (C=O) groups is 2. The van der Waals surface area contributed by atoms with Crippen molar-refractivity contribution >= 4 is 11.8 Å². The van der Waals surface area contributed by atoms with Crippen LogP contribution in [-0.2, 0) is 0 Å². The Labute approximate surface area is 145 Å². The number of benzene rings is 1. The number of nitrogens with zero attached hydrogens (tertiary/aromatic N) is 2. The predicted molar refractivity (Wildman–Crippen MR) is 90.2 cm³/mol. The number of methoxy groups -OCH3 is 1. The molecule has 1 N–H and O–H groups in total. The van der Waals surface area contributed by atoms with E-state index in [9.17, 15) is 14.0 Å². The highest BCUT2D eigenvalue weighted by Crippen LogP contribution is 2.22. The Morgan fingerprint density at radius 1 is 1.08 bits per heavy atom. The smallest absolute Gasteiger partial charge is 0.257 e. The Hall–Kier alpha value is -2.83. The standard InChI is InChI=1S/C18H20FN3O3/c1-25-16-4-3-14(19)11-15(16)18(24)22-8-2-7-21(9-10-22)17(23)13-5-6-20-12-13/h3-6,11-12,20H,2,7-10H2,1H3. The first kappa shape index (κ1) is 17.0. The molecule has 0 spiro atoms. The molecule has 0 radical (unpaired) electrons. The van der Waals surface area contributed by atoms with E-state index in [2.05, 4.69) is 4.98 Å². The lowest BCUT2D eigenvalue weighted by atomic mass is 10.1. The molecular weight excluding hydrogens is 325 g/mol. The van der Waals surface area contributed by atoms with E-state index in [0.29, 0.717) is 43.9 Å². The minimum atomic E-state index is -0.483. The summed E-state index contributed by atoms with van der Waals surface area (Å²) in [6.07, 6.45) is 4.03. The fourth-order valence-corrected chi connectivity index (χ4v) is 2.98. The number of aromatic nitrogens is 1. The van der Waals surface area contributed by atoms with Crippen molar-refractivity contribution in [3.8, 4) is 5.75 Å². The van der Waals surface area contributed by atoms with Gasteiger partial charge in [0.15, 0.2) is 0 Å². The second-order valence-electron chi connectivity index (χ2n) is 5.88. The summed E-state index contributed by atoms with van der Waals surface area (Å²) < 4.78 is 18.7. The number of aromatic amines is 1. The van der Waals surface area contributed by atoms with E-state index in [0.717, 1.165) is 0 Å². The Kier molecular flexibility index (Phi) is 5.02. The summed E-state index contributed by atoms with van der Waals surface area (Å²) in [5.74, 6) is -0.481. The van der Waals surface area contributed by atoms with E-state index in [1.807, 2.05) is 0 Å². The maximum Gasteiger partial charge on any atom is 0.257 e. The van der Waals surface area contributed by atoms with Crippen molar-refractivity contribution in [3.63, 3.8) is 0 Å². The van der Waals surface area contributed by atoms with Gasteiger partial charge in [-0.15, -0.1) is 0 Å². The molecule has 2 amide bonds. The monoisotopic (exact) mass is 345 g/mol. The first-order valence-electron chi connectivity index (χ1n) is 8.15. The van der Waals surface area contributed by atoms with Gasteiger partial charge in [0.05, 0.1) is 18.2 Å². The number of carbonyl (C=O) groups excluding carboxylic acids is 2. The maximum absolute atomic E-state index is 13.5. The Morgan fingerprint density at radius 2 is 1.80 bits per heavy atom. The fourth-order valence-electron chi connectivity index (χ4n) is 2.98. The Balaban J connectivity index is 1.72. The van der Waals surface area contributed by atoms with Crippen molar-refractivity contribution in [1.82, 2.24) is 14.8 Å². The highest BCUT2D eigenvalue weighted by atomic mass is 19.1. The summed E-state index contributed by atoms with van der Waals surface area (Å²) in [4.78, 5) is 31.4. The van der Waals surface area contributed by atoms with E-state index in [4.69, 9.17) is 4.74 Å². The molecule has 1 fully saturated rings. The highest BCUT2D eigenvalue weighted by molar-refractivity contribution is 5.97. The SMILES string of the molecule is COc1ccc(F)cc1C(=O)N1CCCN(C(=O)c2cc[nH]c2)CC1. The van der Waals surface area contributed by atoms with Crippen LogP contribution in [0, 0.1) is 5.82 Å². The van der Waals surface area contributed by atoms with Gasteiger partial charge in [-0.3, -0.25) is 9.59 Å². The first-order valence-corrected chi connectivity index (χ1v) is 8.15. The Morgan fingerprint density at radius 3 is 2.44 bits per heavy atom. The molecule has 3 rings (SSSR count). The Bertz CT molecular complexity index is 761. The summed E-state index contributed by atoms with van der Waals surface area (Å²) in [5, 5.41) is 0. The van der Waals surface area contributed by atoms with Gasteiger partial charge >= 0.3 is 0 Å². The van der Waals surface area contributed by atoms with Crippen LogP contribution in [0.2, 0.25) is 0 Å². The van der Waals surface area contributed by atoms with Crippen LogP contribution in [0.5, 0.6) is 5.75 Å². The molecule has 132 valence electrons. The molecule has 0 saturated carbocycles. The number of amides is 2. The number of hydrogen-bond donors (Lipinski definition) is 1. The van der Waals surface area contributed by atoms with Crippen LogP contribution >= 0.6 is 0 Å². The van der Waals surface area contributed by atoms with Gasteiger partial charge in [-0.2, -0.15) is 0 Å². The molecule has 7 heteroatoms. The van der Waals surface area contributed by atoms with Crippen LogP contribution in [0.4, 0.5) is 4.39 Å². The average Bonchev–Trinajstić information content (AvgIpc) is 3.05. The zero-order valence-corrected chi connectivity index (χ0v) is 14.0. The van der Waals surface area contributed by atoms with Gasteiger partial charge in [-0.25, -0.2) is 4.39 Å². The van der Waals surface area contributed by atoms with Gasteiger partial charge in [0.25, 0.3) is 11.8 Å². The number of nitrogens with one attached hydrogen (secondary N) is 1.